The summed E-state index contributed by atoms with van der Waals surface area (Å²) < 4.78 is 5.09. The van der Waals surface area contributed by atoms with Gasteiger partial charge < -0.3 is 20.7 Å². The SMILES string of the molecule is COc1ccc(CC(=O)Nc2ccc(NC(=O)NC(C)C)cc2)cc1. The number of carbonyl (C=O) groups excluding carboxylic acids is 2. The third kappa shape index (κ3) is 6.18. The van der Waals surface area contributed by atoms with Crippen molar-refractivity contribution in [1.29, 1.82) is 0 Å². The number of ether oxygens (including phenoxy) is 1. The number of carbonyl (C=O) groups is 2. The normalized spacial score (nSPS) is 10.2. The maximum absolute atomic E-state index is 12.1. The molecule has 2 rings (SSSR count). The summed E-state index contributed by atoms with van der Waals surface area (Å²) in [6.45, 7) is 3.78. The van der Waals surface area contributed by atoms with Crippen molar-refractivity contribution in [2.45, 2.75) is 26.3 Å². The van der Waals surface area contributed by atoms with Crippen LogP contribution in [0.4, 0.5) is 16.2 Å². The Morgan fingerprint density at radius 3 is 2.00 bits per heavy atom. The molecular weight excluding hydrogens is 318 g/mol. The number of anilines is 2. The van der Waals surface area contributed by atoms with E-state index in [4.69, 9.17) is 4.74 Å². The highest BCUT2D eigenvalue weighted by Crippen LogP contribution is 2.15. The second-order valence-electron chi connectivity index (χ2n) is 5.90. The molecule has 0 atom stereocenters. The van der Waals surface area contributed by atoms with Crippen LogP contribution in [-0.4, -0.2) is 25.1 Å². The largest absolute Gasteiger partial charge is 0.497 e. The lowest BCUT2D eigenvalue weighted by Gasteiger charge is -2.11. The van der Waals surface area contributed by atoms with E-state index in [0.29, 0.717) is 11.4 Å². The Labute approximate surface area is 147 Å². The van der Waals surface area contributed by atoms with Gasteiger partial charge >= 0.3 is 6.03 Å². The van der Waals surface area contributed by atoms with Crippen molar-refractivity contribution in [3.63, 3.8) is 0 Å². The first-order chi connectivity index (χ1) is 12.0. The number of amides is 3. The summed E-state index contributed by atoms with van der Waals surface area (Å²) in [5.41, 5.74) is 2.24. The Balaban J connectivity index is 1.87. The van der Waals surface area contributed by atoms with E-state index in [9.17, 15) is 9.59 Å². The van der Waals surface area contributed by atoms with Crippen LogP contribution in [0.25, 0.3) is 0 Å². The third-order valence-corrected chi connectivity index (χ3v) is 3.37. The molecule has 0 bridgehead atoms. The zero-order valence-corrected chi connectivity index (χ0v) is 14.6. The van der Waals surface area contributed by atoms with E-state index >= 15 is 0 Å². The lowest BCUT2D eigenvalue weighted by molar-refractivity contribution is -0.115. The zero-order chi connectivity index (χ0) is 18.2. The van der Waals surface area contributed by atoms with E-state index in [1.807, 2.05) is 38.1 Å². The summed E-state index contributed by atoms with van der Waals surface area (Å²) in [4.78, 5) is 23.7. The fourth-order valence-corrected chi connectivity index (χ4v) is 2.20. The molecule has 2 aromatic rings. The summed E-state index contributed by atoms with van der Waals surface area (Å²) >= 11 is 0. The van der Waals surface area contributed by atoms with Crippen LogP contribution in [0.3, 0.4) is 0 Å². The highest BCUT2D eigenvalue weighted by molar-refractivity contribution is 5.93. The van der Waals surface area contributed by atoms with Gasteiger partial charge in [-0.2, -0.15) is 0 Å². The van der Waals surface area contributed by atoms with Gasteiger partial charge in [0.2, 0.25) is 5.91 Å². The van der Waals surface area contributed by atoms with Crippen LogP contribution in [-0.2, 0) is 11.2 Å². The van der Waals surface area contributed by atoms with Crippen molar-refractivity contribution in [3.8, 4) is 5.75 Å². The van der Waals surface area contributed by atoms with E-state index in [-0.39, 0.29) is 24.4 Å². The molecule has 0 saturated carbocycles. The van der Waals surface area contributed by atoms with Crippen LogP contribution in [0.5, 0.6) is 5.75 Å². The van der Waals surface area contributed by atoms with Crippen LogP contribution in [0.1, 0.15) is 19.4 Å². The Morgan fingerprint density at radius 2 is 1.48 bits per heavy atom. The summed E-state index contributed by atoms with van der Waals surface area (Å²) in [5.74, 6) is 0.650. The van der Waals surface area contributed by atoms with Gasteiger partial charge in [-0.05, 0) is 55.8 Å². The van der Waals surface area contributed by atoms with Gasteiger partial charge in [0.15, 0.2) is 0 Å². The first kappa shape index (κ1) is 18.3. The molecule has 132 valence electrons. The minimum Gasteiger partial charge on any atom is -0.497 e. The van der Waals surface area contributed by atoms with Crippen molar-refractivity contribution in [3.05, 3.63) is 54.1 Å². The fourth-order valence-electron chi connectivity index (χ4n) is 2.20. The maximum Gasteiger partial charge on any atom is 0.319 e. The van der Waals surface area contributed by atoms with Crippen molar-refractivity contribution in [1.82, 2.24) is 5.32 Å². The third-order valence-electron chi connectivity index (χ3n) is 3.37. The molecule has 0 aliphatic rings. The van der Waals surface area contributed by atoms with Gasteiger partial charge in [0.05, 0.1) is 13.5 Å². The molecule has 0 unspecified atom stereocenters. The van der Waals surface area contributed by atoms with Gasteiger partial charge in [-0.1, -0.05) is 12.1 Å². The quantitative estimate of drug-likeness (QED) is 0.753. The second kappa shape index (κ2) is 8.73. The van der Waals surface area contributed by atoms with Gasteiger partial charge in [0, 0.05) is 17.4 Å². The number of hydrogen-bond acceptors (Lipinski definition) is 3. The van der Waals surface area contributed by atoms with Crippen LogP contribution >= 0.6 is 0 Å². The number of rotatable bonds is 6. The van der Waals surface area contributed by atoms with Crippen molar-refractivity contribution in [2.75, 3.05) is 17.7 Å². The molecule has 0 fully saturated rings. The average Bonchev–Trinajstić information content (AvgIpc) is 2.56. The number of methoxy groups -OCH3 is 1. The summed E-state index contributed by atoms with van der Waals surface area (Å²) in [5, 5.41) is 8.31. The molecule has 6 heteroatoms. The first-order valence-electron chi connectivity index (χ1n) is 8.06. The van der Waals surface area contributed by atoms with E-state index < -0.39 is 0 Å². The molecule has 0 heterocycles. The molecule has 0 saturated heterocycles. The molecule has 0 radical (unpaired) electrons. The van der Waals surface area contributed by atoms with Gasteiger partial charge in [-0.25, -0.2) is 4.79 Å². The van der Waals surface area contributed by atoms with Crippen LogP contribution < -0.4 is 20.7 Å². The molecule has 0 aromatic heterocycles. The second-order valence-corrected chi connectivity index (χ2v) is 5.90. The molecule has 6 nitrogen and oxygen atoms in total. The molecule has 2 aromatic carbocycles. The van der Waals surface area contributed by atoms with E-state index in [0.717, 1.165) is 11.3 Å². The summed E-state index contributed by atoms with van der Waals surface area (Å²) in [7, 11) is 1.60. The van der Waals surface area contributed by atoms with Gasteiger partial charge in [-0.3, -0.25) is 4.79 Å². The van der Waals surface area contributed by atoms with Gasteiger partial charge in [0.25, 0.3) is 0 Å². The summed E-state index contributed by atoms with van der Waals surface area (Å²) in [6.07, 6.45) is 0.279. The predicted molar refractivity (Wildman–Crippen MR) is 99.1 cm³/mol. The predicted octanol–water partition coefficient (Wildman–Crippen LogP) is 3.41. The highest BCUT2D eigenvalue weighted by Gasteiger charge is 2.06. The molecular formula is C19H23N3O3. The number of benzene rings is 2. The van der Waals surface area contributed by atoms with E-state index in [2.05, 4.69) is 16.0 Å². The molecule has 0 aliphatic carbocycles. The topological polar surface area (TPSA) is 79.5 Å². The lowest BCUT2D eigenvalue weighted by Crippen LogP contribution is -2.34. The van der Waals surface area contributed by atoms with Gasteiger partial charge in [0.1, 0.15) is 5.75 Å². The Morgan fingerprint density at radius 1 is 0.920 bits per heavy atom. The van der Waals surface area contributed by atoms with Crippen LogP contribution in [0, 0.1) is 0 Å². The van der Waals surface area contributed by atoms with E-state index in [1.54, 1.807) is 31.4 Å². The molecule has 25 heavy (non-hydrogen) atoms. The zero-order valence-electron chi connectivity index (χ0n) is 14.6. The monoisotopic (exact) mass is 341 g/mol. The Bertz CT molecular complexity index is 710. The first-order valence-corrected chi connectivity index (χ1v) is 8.06. The highest BCUT2D eigenvalue weighted by atomic mass is 16.5. The Kier molecular flexibility index (Phi) is 6.39. The van der Waals surface area contributed by atoms with E-state index in [1.165, 1.54) is 0 Å². The minimum atomic E-state index is -0.258. The van der Waals surface area contributed by atoms with Crippen molar-refractivity contribution in [2.24, 2.45) is 0 Å². The summed E-state index contributed by atoms with van der Waals surface area (Å²) in [6, 6.07) is 14.1. The standard InChI is InChI=1S/C19H23N3O3/c1-13(2)20-19(24)22-16-8-6-15(7-9-16)21-18(23)12-14-4-10-17(25-3)11-5-14/h4-11,13H,12H2,1-3H3,(H,21,23)(H2,20,22,24). The Hall–Kier alpha value is -3.02. The lowest BCUT2D eigenvalue weighted by atomic mass is 10.1. The molecule has 0 aliphatic heterocycles. The molecule has 3 amide bonds. The van der Waals surface area contributed by atoms with Crippen molar-refractivity contribution < 1.29 is 14.3 Å². The number of urea groups is 1. The fraction of sp³-hybridized carbons (Fsp3) is 0.263. The van der Waals surface area contributed by atoms with Gasteiger partial charge in [-0.15, -0.1) is 0 Å². The maximum atomic E-state index is 12.1. The van der Waals surface area contributed by atoms with Crippen LogP contribution in [0.15, 0.2) is 48.5 Å². The van der Waals surface area contributed by atoms with Crippen LogP contribution in [0.2, 0.25) is 0 Å². The molecule has 3 N–H and O–H groups in total. The van der Waals surface area contributed by atoms with Crippen molar-refractivity contribution >= 4 is 23.3 Å². The molecule has 0 spiro atoms. The minimum absolute atomic E-state index is 0.0662. The number of nitrogens with one attached hydrogen (secondary N) is 3. The number of hydrogen-bond donors (Lipinski definition) is 3. The smallest absolute Gasteiger partial charge is 0.319 e. The average molecular weight is 341 g/mol.